The van der Waals surface area contributed by atoms with Crippen LogP contribution >= 0.6 is 11.6 Å². The van der Waals surface area contributed by atoms with E-state index in [0.717, 1.165) is 6.42 Å². The van der Waals surface area contributed by atoms with Crippen molar-refractivity contribution < 1.29 is 19.0 Å². The molecule has 1 aromatic rings. The lowest BCUT2D eigenvalue weighted by Gasteiger charge is -2.43. The molecule has 0 heterocycles. The lowest BCUT2D eigenvalue weighted by molar-refractivity contribution is -0.128. The molecule has 2 rings (SSSR count). The number of benzene rings is 1. The van der Waals surface area contributed by atoms with E-state index >= 15 is 0 Å². The highest BCUT2D eigenvalue weighted by atomic mass is 35.5. The Hall–Kier alpha value is -1.50. The van der Waals surface area contributed by atoms with Gasteiger partial charge in [-0.15, -0.1) is 0 Å². The molecule has 1 aliphatic rings. The molecule has 1 fully saturated rings. The first-order chi connectivity index (χ1) is 11.4. The molecule has 0 radical (unpaired) electrons. The van der Waals surface area contributed by atoms with Gasteiger partial charge in [-0.05, 0) is 45.4 Å². The summed E-state index contributed by atoms with van der Waals surface area (Å²) in [6, 6.07) is 4.79. The molecule has 3 atom stereocenters. The number of ether oxygens (including phenoxy) is 3. The molecule has 2 N–H and O–H groups in total. The van der Waals surface area contributed by atoms with Gasteiger partial charge < -0.3 is 24.8 Å². The molecule has 0 aromatic heterocycles. The number of rotatable bonds is 7. The van der Waals surface area contributed by atoms with Gasteiger partial charge in [0.05, 0.1) is 23.3 Å². The van der Waals surface area contributed by atoms with E-state index in [1.165, 1.54) is 0 Å². The van der Waals surface area contributed by atoms with Crippen LogP contribution < -0.4 is 15.4 Å². The Morgan fingerprint density at radius 1 is 1.42 bits per heavy atom. The summed E-state index contributed by atoms with van der Waals surface area (Å²) in [5.41, 5.74) is 0.600. The van der Waals surface area contributed by atoms with Crippen LogP contribution in [0.3, 0.4) is 0 Å². The Balaban J connectivity index is 1.88. The van der Waals surface area contributed by atoms with Gasteiger partial charge in [0.25, 0.3) is 0 Å². The molecule has 2 amide bonds. The molecule has 134 valence electrons. The fourth-order valence-corrected chi connectivity index (χ4v) is 2.90. The van der Waals surface area contributed by atoms with E-state index in [9.17, 15) is 4.79 Å². The van der Waals surface area contributed by atoms with Crippen LogP contribution in [0.4, 0.5) is 10.5 Å². The number of nitrogens with one attached hydrogen (secondary N) is 2. The molecule has 1 aliphatic carbocycles. The van der Waals surface area contributed by atoms with Crippen molar-refractivity contribution in [3.8, 4) is 5.75 Å². The Morgan fingerprint density at radius 2 is 2.17 bits per heavy atom. The number of halogens is 1. The lowest BCUT2D eigenvalue weighted by atomic mass is 9.85. The minimum atomic E-state index is -0.300. The number of hydrogen-bond donors (Lipinski definition) is 2. The standard InChI is InChI=1S/C17H25ClN2O4/c1-5-23-15-9-13(16(15)22-4)20-17(21)19-11-6-7-14(12(18)8-11)24-10(2)3/h6-8,10,13,15-16H,5,9H2,1-4H3,(H2,19,20,21)/t13-,15-,16-/m1/s1. The van der Waals surface area contributed by atoms with E-state index in [1.807, 2.05) is 20.8 Å². The molecule has 0 saturated heterocycles. The van der Waals surface area contributed by atoms with Crippen LogP contribution in [0.25, 0.3) is 0 Å². The number of carbonyl (C=O) groups is 1. The molecule has 24 heavy (non-hydrogen) atoms. The molecule has 0 aliphatic heterocycles. The van der Waals surface area contributed by atoms with E-state index in [2.05, 4.69) is 10.6 Å². The van der Waals surface area contributed by atoms with Crippen LogP contribution in [0.1, 0.15) is 27.2 Å². The highest BCUT2D eigenvalue weighted by Gasteiger charge is 2.42. The maximum atomic E-state index is 12.1. The van der Waals surface area contributed by atoms with Crippen molar-refractivity contribution in [3.63, 3.8) is 0 Å². The number of carbonyl (C=O) groups excluding carboxylic acids is 1. The maximum Gasteiger partial charge on any atom is 0.319 e. The summed E-state index contributed by atoms with van der Waals surface area (Å²) in [5, 5.41) is 6.11. The number of urea groups is 1. The number of amides is 2. The molecule has 0 bridgehead atoms. The van der Waals surface area contributed by atoms with Crippen LogP contribution in [0.5, 0.6) is 5.75 Å². The molecule has 7 heteroatoms. The minimum absolute atomic E-state index is 0.0345. The van der Waals surface area contributed by atoms with E-state index in [1.54, 1.807) is 25.3 Å². The van der Waals surface area contributed by atoms with Gasteiger partial charge in [-0.3, -0.25) is 0 Å². The monoisotopic (exact) mass is 356 g/mol. The first kappa shape index (κ1) is 18.8. The quantitative estimate of drug-likeness (QED) is 0.785. The molecule has 0 unspecified atom stereocenters. The van der Waals surface area contributed by atoms with Gasteiger partial charge in [0.2, 0.25) is 0 Å². The second-order valence-corrected chi connectivity index (χ2v) is 6.35. The summed E-state index contributed by atoms with van der Waals surface area (Å²) in [4.78, 5) is 12.1. The van der Waals surface area contributed by atoms with Crippen LogP contribution in [0.15, 0.2) is 18.2 Å². The highest BCUT2D eigenvalue weighted by molar-refractivity contribution is 6.32. The topological polar surface area (TPSA) is 68.8 Å². The normalized spacial score (nSPS) is 22.8. The summed E-state index contributed by atoms with van der Waals surface area (Å²) < 4.78 is 16.5. The number of anilines is 1. The van der Waals surface area contributed by atoms with Crippen molar-refractivity contribution >= 4 is 23.3 Å². The third-order valence-corrected chi connectivity index (χ3v) is 4.07. The second-order valence-electron chi connectivity index (χ2n) is 5.95. The summed E-state index contributed by atoms with van der Waals surface area (Å²) in [7, 11) is 1.62. The predicted molar refractivity (Wildman–Crippen MR) is 94.0 cm³/mol. The SMILES string of the molecule is CCO[C@@H]1C[C@@H](NC(=O)Nc2ccc(OC(C)C)c(Cl)c2)[C@H]1OC. The zero-order valence-corrected chi connectivity index (χ0v) is 15.2. The third kappa shape index (κ3) is 4.75. The molecule has 6 nitrogen and oxygen atoms in total. The Morgan fingerprint density at radius 3 is 2.75 bits per heavy atom. The van der Waals surface area contributed by atoms with Crippen molar-refractivity contribution in [2.45, 2.75) is 51.5 Å². The fourth-order valence-electron chi connectivity index (χ4n) is 2.68. The largest absolute Gasteiger partial charge is 0.489 e. The van der Waals surface area contributed by atoms with Crippen LogP contribution in [0, 0.1) is 0 Å². The smallest absolute Gasteiger partial charge is 0.319 e. The van der Waals surface area contributed by atoms with Gasteiger partial charge in [-0.1, -0.05) is 11.6 Å². The predicted octanol–water partition coefficient (Wildman–Crippen LogP) is 3.44. The molecular weight excluding hydrogens is 332 g/mol. The van der Waals surface area contributed by atoms with Crippen molar-refractivity contribution in [1.82, 2.24) is 5.32 Å². The number of methoxy groups -OCH3 is 1. The summed E-state index contributed by atoms with van der Waals surface area (Å²) in [5.74, 6) is 0.593. The number of hydrogen-bond acceptors (Lipinski definition) is 4. The second kappa shape index (κ2) is 8.55. The Bertz CT molecular complexity index is 568. The zero-order chi connectivity index (χ0) is 17.7. The fraction of sp³-hybridized carbons (Fsp3) is 0.588. The molecular formula is C17H25ClN2O4. The van der Waals surface area contributed by atoms with Crippen LogP contribution in [-0.2, 0) is 9.47 Å². The average molecular weight is 357 g/mol. The van der Waals surface area contributed by atoms with Crippen molar-refractivity contribution in [3.05, 3.63) is 23.2 Å². The minimum Gasteiger partial charge on any atom is -0.489 e. The van der Waals surface area contributed by atoms with Gasteiger partial charge in [0.15, 0.2) is 0 Å². The van der Waals surface area contributed by atoms with E-state index in [4.69, 9.17) is 25.8 Å². The Labute approximate surface area is 147 Å². The molecule has 0 spiro atoms. The van der Waals surface area contributed by atoms with Gasteiger partial charge in [-0.2, -0.15) is 0 Å². The molecule has 1 aromatic carbocycles. The lowest BCUT2D eigenvalue weighted by Crippen LogP contribution is -2.61. The van der Waals surface area contributed by atoms with Crippen LogP contribution in [0.2, 0.25) is 5.02 Å². The van der Waals surface area contributed by atoms with E-state index < -0.39 is 0 Å². The van der Waals surface area contributed by atoms with Crippen molar-refractivity contribution in [2.24, 2.45) is 0 Å². The first-order valence-corrected chi connectivity index (χ1v) is 8.50. The summed E-state index contributed by atoms with van der Waals surface area (Å²) >= 11 is 6.17. The molecule has 1 saturated carbocycles. The summed E-state index contributed by atoms with van der Waals surface area (Å²) in [6.07, 6.45) is 0.683. The Kier molecular flexibility index (Phi) is 6.71. The third-order valence-electron chi connectivity index (χ3n) is 3.77. The zero-order valence-electron chi connectivity index (χ0n) is 14.5. The van der Waals surface area contributed by atoms with E-state index in [-0.39, 0.29) is 30.4 Å². The van der Waals surface area contributed by atoms with E-state index in [0.29, 0.717) is 23.1 Å². The summed E-state index contributed by atoms with van der Waals surface area (Å²) in [6.45, 7) is 6.43. The van der Waals surface area contributed by atoms with Crippen molar-refractivity contribution in [1.29, 1.82) is 0 Å². The van der Waals surface area contributed by atoms with Gasteiger partial charge in [0, 0.05) is 19.4 Å². The average Bonchev–Trinajstić information content (AvgIpc) is 2.49. The van der Waals surface area contributed by atoms with Crippen molar-refractivity contribution in [2.75, 3.05) is 19.0 Å². The first-order valence-electron chi connectivity index (χ1n) is 8.12. The highest BCUT2D eigenvalue weighted by Crippen LogP contribution is 2.29. The van der Waals surface area contributed by atoms with Gasteiger partial charge in [0.1, 0.15) is 11.9 Å². The maximum absolute atomic E-state index is 12.1. The van der Waals surface area contributed by atoms with Gasteiger partial charge in [-0.25, -0.2) is 4.79 Å². The van der Waals surface area contributed by atoms with Gasteiger partial charge >= 0.3 is 6.03 Å². The van der Waals surface area contributed by atoms with Crippen LogP contribution in [-0.4, -0.2) is 44.1 Å².